The summed E-state index contributed by atoms with van der Waals surface area (Å²) in [5, 5.41) is 0. The van der Waals surface area contributed by atoms with Crippen molar-refractivity contribution in [3.63, 3.8) is 0 Å². The molecule has 0 unspecified atom stereocenters. The Labute approximate surface area is 223 Å². The van der Waals surface area contributed by atoms with Crippen LogP contribution in [0.15, 0.2) is 16.5 Å². The summed E-state index contributed by atoms with van der Waals surface area (Å²) in [6, 6.07) is 3.64. The van der Waals surface area contributed by atoms with Crippen molar-refractivity contribution in [2.24, 2.45) is 0 Å². The van der Waals surface area contributed by atoms with E-state index < -0.39 is 23.2 Å². The molecule has 2 amide bonds. The maximum absolute atomic E-state index is 13.8. The number of amides is 2. The molecule has 3 heterocycles. The standard InChI is InChI=1S/C29H41F2N3O4/c1-26(2,3)19-15-20(18-9-11-29(30,31)12-10-18)32-21-16-22(37-23(19)21)24(35)34-14-13-33(17-28(34,7)8)25(36)38-27(4,5)6/h15-16,18H,9-14,17H2,1-8H3. The van der Waals surface area contributed by atoms with E-state index in [0.717, 1.165) is 11.3 Å². The number of nitrogens with zero attached hydrogens (tertiary/aromatic N) is 3. The van der Waals surface area contributed by atoms with E-state index in [9.17, 15) is 18.4 Å². The molecule has 0 N–H and O–H groups in total. The highest BCUT2D eigenvalue weighted by Crippen LogP contribution is 2.42. The molecule has 0 spiro atoms. The molecule has 0 bridgehead atoms. The van der Waals surface area contributed by atoms with Crippen molar-refractivity contribution in [1.29, 1.82) is 0 Å². The number of carbonyl (C=O) groups excluding carboxylic acids is 2. The first-order valence-electron chi connectivity index (χ1n) is 13.5. The summed E-state index contributed by atoms with van der Waals surface area (Å²) in [6.07, 6.45) is 0.0982. The van der Waals surface area contributed by atoms with E-state index in [2.05, 4.69) is 20.8 Å². The summed E-state index contributed by atoms with van der Waals surface area (Å²) >= 11 is 0. The van der Waals surface area contributed by atoms with Crippen molar-refractivity contribution >= 4 is 23.1 Å². The molecule has 9 heteroatoms. The van der Waals surface area contributed by atoms with Gasteiger partial charge in [0.15, 0.2) is 11.3 Å². The molecule has 1 saturated heterocycles. The molecule has 0 aromatic carbocycles. The van der Waals surface area contributed by atoms with Gasteiger partial charge in [-0.05, 0) is 58.9 Å². The molecule has 1 saturated carbocycles. The summed E-state index contributed by atoms with van der Waals surface area (Å²) in [6.45, 7) is 16.5. The highest BCUT2D eigenvalue weighted by Gasteiger charge is 2.41. The van der Waals surface area contributed by atoms with Crippen LogP contribution in [0.5, 0.6) is 0 Å². The van der Waals surface area contributed by atoms with Crippen molar-refractivity contribution < 1.29 is 27.5 Å². The zero-order valence-corrected chi connectivity index (χ0v) is 23.9. The number of alkyl halides is 2. The number of rotatable bonds is 2. The van der Waals surface area contributed by atoms with Gasteiger partial charge in [0.25, 0.3) is 5.91 Å². The lowest BCUT2D eigenvalue weighted by Crippen LogP contribution is -2.62. The average Bonchev–Trinajstić information content (AvgIpc) is 3.19. The Morgan fingerprint density at radius 3 is 2.24 bits per heavy atom. The van der Waals surface area contributed by atoms with Crippen LogP contribution in [-0.2, 0) is 10.2 Å². The summed E-state index contributed by atoms with van der Waals surface area (Å²) in [7, 11) is 0. The molecule has 4 rings (SSSR count). The molecule has 7 nitrogen and oxygen atoms in total. The second kappa shape index (κ2) is 9.49. The zero-order valence-electron chi connectivity index (χ0n) is 23.9. The van der Waals surface area contributed by atoms with Gasteiger partial charge >= 0.3 is 6.09 Å². The van der Waals surface area contributed by atoms with E-state index in [-0.39, 0.29) is 35.8 Å². The summed E-state index contributed by atoms with van der Waals surface area (Å²) in [5.74, 6) is -2.74. The molecule has 0 radical (unpaired) electrons. The second-order valence-corrected chi connectivity index (χ2v) is 13.5. The van der Waals surface area contributed by atoms with E-state index in [1.54, 1.807) is 15.9 Å². The quantitative estimate of drug-likeness (QED) is 0.420. The number of halogens is 2. The lowest BCUT2D eigenvalue weighted by Gasteiger charge is -2.46. The number of fused-ring (bicyclic) bond motifs is 1. The summed E-state index contributed by atoms with van der Waals surface area (Å²) in [4.78, 5) is 34.5. The maximum Gasteiger partial charge on any atom is 0.410 e. The molecule has 0 atom stereocenters. The third kappa shape index (κ3) is 5.96. The van der Waals surface area contributed by atoms with Crippen LogP contribution in [0.25, 0.3) is 11.1 Å². The van der Waals surface area contributed by atoms with Crippen LogP contribution >= 0.6 is 0 Å². The Bertz CT molecular complexity index is 1210. The van der Waals surface area contributed by atoms with E-state index >= 15 is 0 Å². The zero-order chi connectivity index (χ0) is 28.3. The van der Waals surface area contributed by atoms with Crippen molar-refractivity contribution in [1.82, 2.24) is 14.8 Å². The minimum atomic E-state index is -2.61. The van der Waals surface area contributed by atoms with Crippen LogP contribution in [-0.4, -0.2) is 63.5 Å². The highest BCUT2D eigenvalue weighted by molar-refractivity contribution is 5.96. The summed E-state index contributed by atoms with van der Waals surface area (Å²) in [5.41, 5.74) is 1.26. The number of aromatic nitrogens is 1. The van der Waals surface area contributed by atoms with Gasteiger partial charge in [-0.2, -0.15) is 0 Å². The predicted octanol–water partition coefficient (Wildman–Crippen LogP) is 6.89. The predicted molar refractivity (Wildman–Crippen MR) is 142 cm³/mol. The van der Waals surface area contributed by atoms with Crippen LogP contribution in [0, 0.1) is 0 Å². The molecule has 2 fully saturated rings. The minimum absolute atomic E-state index is 0.0472. The molecule has 38 heavy (non-hydrogen) atoms. The van der Waals surface area contributed by atoms with Gasteiger partial charge in [0.1, 0.15) is 11.1 Å². The molecular formula is C29H41F2N3O4. The van der Waals surface area contributed by atoms with Crippen molar-refractivity contribution in [3.05, 3.63) is 29.2 Å². The van der Waals surface area contributed by atoms with Crippen molar-refractivity contribution in [2.45, 2.75) is 109 Å². The number of carbonyl (C=O) groups is 2. The Morgan fingerprint density at radius 2 is 1.68 bits per heavy atom. The fourth-order valence-electron chi connectivity index (χ4n) is 5.40. The number of hydrogen-bond donors (Lipinski definition) is 0. The summed E-state index contributed by atoms with van der Waals surface area (Å²) < 4.78 is 39.3. The van der Waals surface area contributed by atoms with Gasteiger partial charge in [-0.3, -0.25) is 4.79 Å². The van der Waals surface area contributed by atoms with E-state index in [1.165, 1.54) is 0 Å². The number of pyridine rings is 1. The first-order chi connectivity index (χ1) is 17.4. The maximum atomic E-state index is 13.8. The van der Waals surface area contributed by atoms with Crippen LogP contribution in [0.2, 0.25) is 0 Å². The molecule has 1 aliphatic carbocycles. The number of hydrogen-bond acceptors (Lipinski definition) is 5. The lowest BCUT2D eigenvalue weighted by atomic mass is 9.81. The van der Waals surface area contributed by atoms with Gasteiger partial charge in [0.2, 0.25) is 5.92 Å². The van der Waals surface area contributed by atoms with Crippen LogP contribution in [0.4, 0.5) is 13.6 Å². The van der Waals surface area contributed by atoms with Gasteiger partial charge in [0.05, 0.1) is 5.54 Å². The lowest BCUT2D eigenvalue weighted by molar-refractivity contribution is -0.0384. The third-order valence-corrected chi connectivity index (χ3v) is 7.45. The van der Waals surface area contributed by atoms with Crippen molar-refractivity contribution in [3.8, 4) is 0 Å². The molecule has 2 aliphatic rings. The Balaban J connectivity index is 1.61. The largest absolute Gasteiger partial charge is 0.449 e. The minimum Gasteiger partial charge on any atom is -0.449 e. The molecular weight excluding hydrogens is 492 g/mol. The van der Waals surface area contributed by atoms with Gasteiger partial charge in [-0.25, -0.2) is 18.6 Å². The fourth-order valence-corrected chi connectivity index (χ4v) is 5.40. The molecule has 2 aromatic rings. The normalized spacial score (nSPS) is 20.6. The van der Waals surface area contributed by atoms with Crippen molar-refractivity contribution in [2.75, 3.05) is 19.6 Å². The first kappa shape index (κ1) is 28.3. The average molecular weight is 534 g/mol. The van der Waals surface area contributed by atoms with Crippen LogP contribution in [0.1, 0.15) is 109 Å². The Hall–Kier alpha value is -2.71. The molecule has 1 aliphatic heterocycles. The number of furan rings is 1. The molecule has 2 aromatic heterocycles. The topological polar surface area (TPSA) is 75.9 Å². The Kier molecular flexibility index (Phi) is 7.07. The number of ether oxygens (including phenoxy) is 1. The SMILES string of the molecule is CC(C)(C)OC(=O)N1CCN(C(=O)c2cc3nc(C4CCC(F)(F)CC4)cc(C(C)(C)C)c3o2)C(C)(C)C1. The van der Waals surface area contributed by atoms with E-state index in [4.69, 9.17) is 14.1 Å². The Morgan fingerprint density at radius 1 is 1.05 bits per heavy atom. The van der Waals surface area contributed by atoms with Gasteiger partial charge in [-0.1, -0.05) is 20.8 Å². The second-order valence-electron chi connectivity index (χ2n) is 13.5. The monoisotopic (exact) mass is 533 g/mol. The smallest absolute Gasteiger partial charge is 0.410 e. The van der Waals surface area contributed by atoms with Gasteiger partial charge < -0.3 is 19.0 Å². The molecule has 210 valence electrons. The van der Waals surface area contributed by atoms with Gasteiger partial charge in [-0.15, -0.1) is 0 Å². The van der Waals surface area contributed by atoms with Crippen LogP contribution < -0.4 is 0 Å². The van der Waals surface area contributed by atoms with Crippen LogP contribution in [0.3, 0.4) is 0 Å². The third-order valence-electron chi connectivity index (χ3n) is 7.45. The first-order valence-corrected chi connectivity index (χ1v) is 13.5. The number of piperazine rings is 1. The van der Waals surface area contributed by atoms with E-state index in [0.29, 0.717) is 43.6 Å². The van der Waals surface area contributed by atoms with E-state index in [1.807, 2.05) is 40.7 Å². The van der Waals surface area contributed by atoms with Gasteiger partial charge in [0, 0.05) is 55.7 Å². The fraction of sp³-hybridized carbons (Fsp3) is 0.690. The highest BCUT2D eigenvalue weighted by atomic mass is 19.3.